The van der Waals surface area contributed by atoms with E-state index in [0.29, 0.717) is 19.9 Å². The Bertz CT molecular complexity index is 713. The minimum absolute atomic E-state index is 0. The number of nitrogens with zero attached hydrogens (tertiary/aromatic N) is 2. The van der Waals surface area contributed by atoms with Crippen molar-refractivity contribution in [3.63, 3.8) is 0 Å². The molecule has 0 atom stereocenters. The van der Waals surface area contributed by atoms with Gasteiger partial charge in [-0.05, 0) is 31.5 Å². The summed E-state index contributed by atoms with van der Waals surface area (Å²) in [5, 5.41) is 7.63. The predicted molar refractivity (Wildman–Crippen MR) is 107 cm³/mol. The molecule has 0 aliphatic carbocycles. The van der Waals surface area contributed by atoms with E-state index in [2.05, 4.69) is 27.5 Å². The van der Waals surface area contributed by atoms with E-state index >= 15 is 0 Å². The van der Waals surface area contributed by atoms with Crippen molar-refractivity contribution in [1.29, 1.82) is 0 Å². The molecule has 2 aromatic rings. The predicted octanol–water partition coefficient (Wildman–Crippen LogP) is 2.97. The van der Waals surface area contributed by atoms with Gasteiger partial charge in [-0.2, -0.15) is 0 Å². The van der Waals surface area contributed by atoms with Crippen LogP contribution >= 0.6 is 35.3 Å². The van der Waals surface area contributed by atoms with Crippen LogP contribution in [0.4, 0.5) is 0 Å². The van der Waals surface area contributed by atoms with Crippen LogP contribution in [0.15, 0.2) is 23.2 Å². The summed E-state index contributed by atoms with van der Waals surface area (Å²) in [6.07, 6.45) is 0. The highest BCUT2D eigenvalue weighted by Crippen LogP contribution is 2.32. The molecular formula is C16H21IN4O2S. The first-order valence-corrected chi connectivity index (χ1v) is 8.23. The normalized spacial score (nSPS) is 12.7. The van der Waals surface area contributed by atoms with E-state index in [9.17, 15) is 0 Å². The number of benzene rings is 1. The zero-order valence-corrected chi connectivity index (χ0v) is 17.0. The standard InChI is InChI=1S/C16H20N4O2S.HI/c1-10-11(2)23-15(20-10)8-19-16(17-3)18-7-12-4-5-13-14(6-12)22-9-21-13;/h4-6H,7-9H2,1-3H3,(H2,17,18,19);1H. The number of nitrogens with one attached hydrogen (secondary N) is 2. The van der Waals surface area contributed by atoms with Crippen LogP contribution < -0.4 is 20.1 Å². The molecule has 0 spiro atoms. The maximum atomic E-state index is 5.39. The second-order valence-electron chi connectivity index (χ2n) is 5.22. The van der Waals surface area contributed by atoms with Crippen molar-refractivity contribution < 1.29 is 9.47 Å². The number of thiazole rings is 1. The fourth-order valence-electron chi connectivity index (χ4n) is 2.23. The molecule has 24 heavy (non-hydrogen) atoms. The number of rotatable bonds is 4. The van der Waals surface area contributed by atoms with Crippen LogP contribution in [0.5, 0.6) is 11.5 Å². The summed E-state index contributed by atoms with van der Waals surface area (Å²) < 4.78 is 10.7. The molecule has 1 aliphatic heterocycles. The fraction of sp³-hybridized carbons (Fsp3) is 0.375. The minimum atomic E-state index is 0. The zero-order chi connectivity index (χ0) is 16.2. The Morgan fingerprint density at radius 2 is 1.96 bits per heavy atom. The number of hydrogen-bond donors (Lipinski definition) is 2. The molecule has 0 saturated carbocycles. The van der Waals surface area contributed by atoms with Crippen LogP contribution in [0.2, 0.25) is 0 Å². The largest absolute Gasteiger partial charge is 0.454 e. The van der Waals surface area contributed by atoms with Gasteiger partial charge in [0.15, 0.2) is 17.5 Å². The molecule has 1 aromatic heterocycles. The van der Waals surface area contributed by atoms with Crippen molar-refractivity contribution >= 4 is 41.3 Å². The Labute approximate surface area is 162 Å². The number of aromatic nitrogens is 1. The number of aryl methyl sites for hydroxylation is 2. The van der Waals surface area contributed by atoms with Crippen molar-refractivity contribution in [2.45, 2.75) is 26.9 Å². The highest BCUT2D eigenvalue weighted by molar-refractivity contribution is 14.0. The lowest BCUT2D eigenvalue weighted by atomic mass is 10.2. The maximum absolute atomic E-state index is 5.39. The minimum Gasteiger partial charge on any atom is -0.454 e. The van der Waals surface area contributed by atoms with Crippen LogP contribution in [0, 0.1) is 13.8 Å². The molecule has 1 aliphatic rings. The van der Waals surface area contributed by atoms with Crippen molar-refractivity contribution in [2.75, 3.05) is 13.8 Å². The van der Waals surface area contributed by atoms with E-state index in [1.165, 1.54) is 4.88 Å². The monoisotopic (exact) mass is 460 g/mol. The number of fused-ring (bicyclic) bond motifs is 1. The third kappa shape index (κ3) is 4.50. The number of halogens is 1. The van der Waals surface area contributed by atoms with Gasteiger partial charge in [0.1, 0.15) is 5.01 Å². The molecule has 0 saturated heterocycles. The summed E-state index contributed by atoms with van der Waals surface area (Å²) in [5.41, 5.74) is 2.20. The molecule has 0 bridgehead atoms. The summed E-state index contributed by atoms with van der Waals surface area (Å²) >= 11 is 1.71. The van der Waals surface area contributed by atoms with E-state index in [-0.39, 0.29) is 24.0 Å². The van der Waals surface area contributed by atoms with Gasteiger partial charge in [-0.1, -0.05) is 6.07 Å². The van der Waals surface area contributed by atoms with Gasteiger partial charge in [-0.3, -0.25) is 4.99 Å². The first-order chi connectivity index (χ1) is 11.2. The van der Waals surface area contributed by atoms with Crippen LogP contribution in [-0.2, 0) is 13.1 Å². The molecule has 2 heterocycles. The first-order valence-electron chi connectivity index (χ1n) is 7.41. The van der Waals surface area contributed by atoms with Crippen molar-refractivity contribution in [3.05, 3.63) is 39.3 Å². The molecule has 8 heteroatoms. The van der Waals surface area contributed by atoms with Crippen molar-refractivity contribution in [3.8, 4) is 11.5 Å². The SMILES string of the molecule is CN=C(NCc1ccc2c(c1)OCO2)NCc1nc(C)c(C)s1.I. The highest BCUT2D eigenvalue weighted by atomic mass is 127. The van der Waals surface area contributed by atoms with Crippen LogP contribution in [0.1, 0.15) is 21.1 Å². The highest BCUT2D eigenvalue weighted by Gasteiger charge is 2.13. The van der Waals surface area contributed by atoms with Gasteiger partial charge in [0.05, 0.1) is 12.2 Å². The van der Waals surface area contributed by atoms with Crippen LogP contribution in [0.3, 0.4) is 0 Å². The average Bonchev–Trinajstić information content (AvgIpc) is 3.14. The van der Waals surface area contributed by atoms with Gasteiger partial charge in [-0.15, -0.1) is 35.3 Å². The third-order valence-corrected chi connectivity index (χ3v) is 4.67. The molecule has 1 aromatic carbocycles. The number of guanidine groups is 1. The molecule has 3 rings (SSSR count). The summed E-state index contributed by atoms with van der Waals surface area (Å²) in [4.78, 5) is 10.0. The first kappa shape index (κ1) is 18.8. The van der Waals surface area contributed by atoms with Crippen molar-refractivity contribution in [1.82, 2.24) is 15.6 Å². The topological polar surface area (TPSA) is 67.8 Å². The fourth-order valence-corrected chi connectivity index (χ4v) is 3.11. The van der Waals surface area contributed by atoms with Gasteiger partial charge in [0.2, 0.25) is 6.79 Å². The lowest BCUT2D eigenvalue weighted by molar-refractivity contribution is 0.174. The lowest BCUT2D eigenvalue weighted by Crippen LogP contribution is -2.36. The Morgan fingerprint density at radius 1 is 1.21 bits per heavy atom. The number of ether oxygens (including phenoxy) is 2. The lowest BCUT2D eigenvalue weighted by Gasteiger charge is -2.11. The second kappa shape index (κ2) is 8.52. The van der Waals surface area contributed by atoms with Gasteiger partial charge in [0, 0.05) is 18.5 Å². The van der Waals surface area contributed by atoms with E-state index in [1.807, 2.05) is 25.1 Å². The molecule has 2 N–H and O–H groups in total. The Balaban J connectivity index is 0.00000208. The molecule has 0 unspecified atom stereocenters. The molecule has 0 radical (unpaired) electrons. The van der Waals surface area contributed by atoms with Crippen LogP contribution in [0.25, 0.3) is 0 Å². The molecular weight excluding hydrogens is 439 g/mol. The zero-order valence-electron chi connectivity index (χ0n) is 13.9. The Kier molecular flexibility index (Phi) is 6.67. The molecule has 0 fully saturated rings. The smallest absolute Gasteiger partial charge is 0.231 e. The van der Waals surface area contributed by atoms with Gasteiger partial charge in [0.25, 0.3) is 0 Å². The molecule has 6 nitrogen and oxygen atoms in total. The number of aliphatic imine (C=N–C) groups is 1. The van der Waals surface area contributed by atoms with Gasteiger partial charge < -0.3 is 20.1 Å². The average molecular weight is 460 g/mol. The van der Waals surface area contributed by atoms with Gasteiger partial charge in [-0.25, -0.2) is 4.98 Å². The summed E-state index contributed by atoms with van der Waals surface area (Å²) in [5.74, 6) is 2.33. The Morgan fingerprint density at radius 3 is 2.67 bits per heavy atom. The van der Waals surface area contributed by atoms with Crippen LogP contribution in [-0.4, -0.2) is 24.8 Å². The van der Waals surface area contributed by atoms with E-state index < -0.39 is 0 Å². The maximum Gasteiger partial charge on any atom is 0.231 e. The summed E-state index contributed by atoms with van der Waals surface area (Å²) in [7, 11) is 1.76. The second-order valence-corrected chi connectivity index (χ2v) is 6.50. The van der Waals surface area contributed by atoms with E-state index in [0.717, 1.165) is 33.7 Å². The van der Waals surface area contributed by atoms with Crippen molar-refractivity contribution in [2.24, 2.45) is 4.99 Å². The molecule has 130 valence electrons. The molecule has 0 amide bonds. The quantitative estimate of drug-likeness (QED) is 0.417. The Hall–Kier alpha value is -1.55. The number of hydrogen-bond acceptors (Lipinski definition) is 5. The van der Waals surface area contributed by atoms with E-state index in [1.54, 1.807) is 18.4 Å². The third-order valence-electron chi connectivity index (χ3n) is 3.60. The summed E-state index contributed by atoms with van der Waals surface area (Å²) in [6, 6.07) is 5.92. The van der Waals surface area contributed by atoms with E-state index in [4.69, 9.17) is 9.47 Å². The van der Waals surface area contributed by atoms with Gasteiger partial charge >= 0.3 is 0 Å². The summed E-state index contributed by atoms with van der Waals surface area (Å²) in [6.45, 7) is 5.74.